The summed E-state index contributed by atoms with van der Waals surface area (Å²) in [7, 11) is 0. The number of rotatable bonds is 4. The molecule has 1 aromatic carbocycles. The van der Waals surface area contributed by atoms with Gasteiger partial charge in [0.25, 0.3) is 0 Å². The van der Waals surface area contributed by atoms with Crippen LogP contribution in [-0.2, 0) is 20.9 Å². The second-order valence-electron chi connectivity index (χ2n) is 5.97. The molecule has 0 spiro atoms. The molecule has 0 radical (unpaired) electrons. The lowest BCUT2D eigenvalue weighted by atomic mass is 10.2. The van der Waals surface area contributed by atoms with Crippen LogP contribution in [0.15, 0.2) is 24.3 Å². The van der Waals surface area contributed by atoms with E-state index in [1.165, 1.54) is 4.57 Å². The van der Waals surface area contributed by atoms with Crippen LogP contribution in [-0.4, -0.2) is 33.0 Å². The average Bonchev–Trinajstić information content (AvgIpc) is 2.82. The van der Waals surface area contributed by atoms with Gasteiger partial charge in [0, 0.05) is 5.75 Å². The molecule has 0 fully saturated rings. The lowest BCUT2D eigenvalue weighted by Gasteiger charge is -2.20. The number of carbonyl (C=O) groups is 2. The van der Waals surface area contributed by atoms with Crippen molar-refractivity contribution in [3.63, 3.8) is 0 Å². The first-order chi connectivity index (χ1) is 10.8. The maximum Gasteiger partial charge on any atom is 0.420 e. The number of para-hydroxylation sites is 2. The number of nitrogens with zero attached hydrogens (tertiary/aromatic N) is 2. The number of thiol groups is 1. The Balaban J connectivity index is 2.33. The Morgan fingerprint density at radius 2 is 1.96 bits per heavy atom. The van der Waals surface area contributed by atoms with E-state index in [1.54, 1.807) is 32.9 Å². The van der Waals surface area contributed by atoms with E-state index >= 15 is 0 Å². The third-order valence-corrected chi connectivity index (χ3v) is 3.11. The molecule has 0 aliphatic heterocycles. The van der Waals surface area contributed by atoms with Gasteiger partial charge in [-0.3, -0.25) is 4.79 Å². The van der Waals surface area contributed by atoms with E-state index in [4.69, 9.17) is 9.47 Å². The van der Waals surface area contributed by atoms with Crippen LogP contribution in [0.4, 0.5) is 4.79 Å². The molecule has 23 heavy (non-hydrogen) atoms. The number of imidazole rings is 1. The molecule has 0 N–H and O–H groups in total. The van der Waals surface area contributed by atoms with Crippen molar-refractivity contribution in [3.05, 3.63) is 30.1 Å². The first-order valence-electron chi connectivity index (χ1n) is 7.28. The molecule has 0 saturated carbocycles. The van der Waals surface area contributed by atoms with E-state index in [-0.39, 0.29) is 19.0 Å². The van der Waals surface area contributed by atoms with Crippen LogP contribution in [0, 0.1) is 0 Å². The molecule has 0 atom stereocenters. The van der Waals surface area contributed by atoms with Crippen LogP contribution in [0.5, 0.6) is 0 Å². The number of esters is 1. The van der Waals surface area contributed by atoms with Crippen molar-refractivity contribution in [2.45, 2.75) is 39.4 Å². The fourth-order valence-electron chi connectivity index (χ4n) is 1.99. The highest BCUT2D eigenvalue weighted by atomic mass is 32.1. The van der Waals surface area contributed by atoms with Crippen molar-refractivity contribution in [3.8, 4) is 0 Å². The normalized spacial score (nSPS) is 11.5. The first kappa shape index (κ1) is 17.3. The van der Waals surface area contributed by atoms with E-state index < -0.39 is 11.7 Å². The SMILES string of the molecule is CC(C)(C)OC(=O)n1c(COC(=O)CCS)nc2ccccc21. The molecular weight excluding hydrogens is 316 g/mol. The summed E-state index contributed by atoms with van der Waals surface area (Å²) in [5.41, 5.74) is 0.614. The van der Waals surface area contributed by atoms with Gasteiger partial charge in [0.05, 0.1) is 17.5 Å². The molecule has 7 heteroatoms. The molecule has 2 aromatic rings. The molecule has 2 rings (SSSR count). The molecule has 6 nitrogen and oxygen atoms in total. The second kappa shape index (κ2) is 7.04. The van der Waals surface area contributed by atoms with E-state index in [9.17, 15) is 9.59 Å². The monoisotopic (exact) mass is 336 g/mol. The predicted molar refractivity (Wildman–Crippen MR) is 89.6 cm³/mol. The molecule has 124 valence electrons. The summed E-state index contributed by atoms with van der Waals surface area (Å²) in [6, 6.07) is 7.19. The molecule has 0 unspecified atom stereocenters. The van der Waals surface area contributed by atoms with Crippen LogP contribution in [0.3, 0.4) is 0 Å². The molecule has 0 aliphatic carbocycles. The van der Waals surface area contributed by atoms with E-state index in [2.05, 4.69) is 17.6 Å². The Morgan fingerprint density at radius 1 is 1.26 bits per heavy atom. The summed E-state index contributed by atoms with van der Waals surface area (Å²) in [4.78, 5) is 28.4. The summed E-state index contributed by atoms with van der Waals surface area (Å²) >= 11 is 3.98. The van der Waals surface area contributed by atoms with Crippen molar-refractivity contribution in [2.75, 3.05) is 5.75 Å². The van der Waals surface area contributed by atoms with Crippen LogP contribution in [0.1, 0.15) is 33.0 Å². The van der Waals surface area contributed by atoms with Gasteiger partial charge >= 0.3 is 12.1 Å². The predicted octanol–water partition coefficient (Wildman–Crippen LogP) is 3.18. The minimum Gasteiger partial charge on any atom is -0.457 e. The van der Waals surface area contributed by atoms with E-state index in [1.807, 2.05) is 12.1 Å². The largest absolute Gasteiger partial charge is 0.457 e. The Morgan fingerprint density at radius 3 is 2.61 bits per heavy atom. The second-order valence-corrected chi connectivity index (χ2v) is 6.41. The lowest BCUT2D eigenvalue weighted by Crippen LogP contribution is -2.28. The van der Waals surface area contributed by atoms with Crippen LogP contribution in [0.2, 0.25) is 0 Å². The molecule has 0 saturated heterocycles. The molecule has 0 aliphatic rings. The third kappa shape index (κ3) is 4.48. The van der Waals surface area contributed by atoms with Crippen LogP contribution in [0.25, 0.3) is 11.0 Å². The zero-order chi connectivity index (χ0) is 17.0. The van der Waals surface area contributed by atoms with Crippen LogP contribution >= 0.6 is 12.6 Å². The number of benzene rings is 1. The highest BCUT2D eigenvalue weighted by Gasteiger charge is 2.23. The van der Waals surface area contributed by atoms with Crippen molar-refractivity contribution < 1.29 is 19.1 Å². The van der Waals surface area contributed by atoms with Crippen molar-refractivity contribution in [1.82, 2.24) is 9.55 Å². The highest BCUT2D eigenvalue weighted by molar-refractivity contribution is 7.80. The zero-order valence-corrected chi connectivity index (χ0v) is 14.3. The molecule has 1 aromatic heterocycles. The van der Waals surface area contributed by atoms with Crippen molar-refractivity contribution >= 4 is 35.7 Å². The third-order valence-electron chi connectivity index (χ3n) is 2.88. The number of carbonyl (C=O) groups excluding carboxylic acids is 2. The number of hydrogen-bond donors (Lipinski definition) is 1. The van der Waals surface area contributed by atoms with E-state index in [0.717, 1.165) is 0 Å². The molecule has 1 heterocycles. The zero-order valence-electron chi connectivity index (χ0n) is 13.4. The fraction of sp³-hybridized carbons (Fsp3) is 0.438. The number of ether oxygens (including phenoxy) is 2. The van der Waals surface area contributed by atoms with Gasteiger partial charge < -0.3 is 9.47 Å². The number of aromatic nitrogens is 2. The lowest BCUT2D eigenvalue weighted by molar-refractivity contribution is -0.144. The summed E-state index contributed by atoms with van der Waals surface area (Å²) in [5, 5.41) is 0. The van der Waals surface area contributed by atoms with Gasteiger partial charge in [-0.15, -0.1) is 0 Å². The summed E-state index contributed by atoms with van der Waals surface area (Å²) < 4.78 is 11.9. The van der Waals surface area contributed by atoms with Gasteiger partial charge in [-0.1, -0.05) is 12.1 Å². The van der Waals surface area contributed by atoms with Gasteiger partial charge in [-0.2, -0.15) is 12.6 Å². The van der Waals surface area contributed by atoms with Crippen molar-refractivity contribution in [2.24, 2.45) is 0 Å². The number of fused-ring (bicyclic) bond motifs is 1. The summed E-state index contributed by atoms with van der Waals surface area (Å²) in [5.74, 6) is 0.345. The van der Waals surface area contributed by atoms with Gasteiger partial charge in [0.1, 0.15) is 12.2 Å². The first-order valence-corrected chi connectivity index (χ1v) is 7.91. The average molecular weight is 336 g/mol. The minimum atomic E-state index is -0.636. The van der Waals surface area contributed by atoms with Crippen molar-refractivity contribution in [1.29, 1.82) is 0 Å². The maximum absolute atomic E-state index is 12.5. The molecular formula is C16H20N2O4S. The highest BCUT2D eigenvalue weighted by Crippen LogP contribution is 2.19. The fourth-order valence-corrected chi connectivity index (χ4v) is 2.18. The van der Waals surface area contributed by atoms with Gasteiger partial charge in [0.15, 0.2) is 5.82 Å². The van der Waals surface area contributed by atoms with Gasteiger partial charge in [-0.05, 0) is 32.9 Å². The quantitative estimate of drug-likeness (QED) is 0.686. The Hall–Kier alpha value is -2.02. The Kier molecular flexibility index (Phi) is 5.30. The smallest absolute Gasteiger partial charge is 0.420 e. The summed E-state index contributed by atoms with van der Waals surface area (Å²) in [6.45, 7) is 5.27. The van der Waals surface area contributed by atoms with Gasteiger partial charge in [-0.25, -0.2) is 14.3 Å². The Labute approximate surface area is 140 Å². The minimum absolute atomic E-state index is 0.0967. The standard InChI is InChI=1S/C16H20N2O4S/c1-16(2,3)22-15(20)18-12-7-5-4-6-11(12)17-13(18)10-21-14(19)8-9-23/h4-7,23H,8-10H2,1-3H3. The topological polar surface area (TPSA) is 70.4 Å². The van der Waals surface area contributed by atoms with Gasteiger partial charge in [0.2, 0.25) is 0 Å². The molecule has 0 amide bonds. The number of hydrogen-bond acceptors (Lipinski definition) is 6. The van der Waals surface area contributed by atoms with Crippen LogP contribution < -0.4 is 0 Å². The maximum atomic E-state index is 12.5. The molecule has 0 bridgehead atoms. The summed E-state index contributed by atoms with van der Waals surface area (Å²) in [6.07, 6.45) is -0.345. The van der Waals surface area contributed by atoms with E-state index in [0.29, 0.717) is 22.6 Å². The Bertz CT molecular complexity index is 718.